The molecule has 0 aliphatic heterocycles. The summed E-state index contributed by atoms with van der Waals surface area (Å²) < 4.78 is 0. The van der Waals surface area contributed by atoms with Gasteiger partial charge in [0, 0.05) is 6.20 Å². The summed E-state index contributed by atoms with van der Waals surface area (Å²) in [5.74, 6) is 0. The van der Waals surface area contributed by atoms with Crippen LogP contribution in [-0.2, 0) is 12.8 Å². The quantitative estimate of drug-likeness (QED) is 0.907. The van der Waals surface area contributed by atoms with Crippen LogP contribution in [0.4, 0.5) is 0 Å². The average Bonchev–Trinajstić information content (AvgIpc) is 2.37. The van der Waals surface area contributed by atoms with Crippen molar-refractivity contribution < 1.29 is 0 Å². The van der Waals surface area contributed by atoms with E-state index >= 15 is 0 Å². The molecule has 2 N–H and O–H groups in total. The average molecular weight is 254 g/mol. The number of aryl methyl sites for hydroxylation is 3. The van der Waals surface area contributed by atoms with E-state index in [1.807, 2.05) is 12.3 Å². The molecule has 1 aromatic heterocycles. The highest BCUT2D eigenvalue weighted by molar-refractivity contribution is 5.31. The highest BCUT2D eigenvalue weighted by Crippen LogP contribution is 2.19. The van der Waals surface area contributed by atoms with Gasteiger partial charge in [-0.15, -0.1) is 0 Å². The van der Waals surface area contributed by atoms with Crippen LogP contribution in [0.1, 0.15) is 40.9 Å². The standard InChI is InChI=1S/C17H22N2/c1-4-15-6-5-7-19-17(15)16(18)11-14-9-12(2)8-13(3)10-14/h5-10,16H,4,11,18H2,1-3H3. The predicted molar refractivity (Wildman–Crippen MR) is 80.2 cm³/mol. The Morgan fingerprint density at radius 1 is 1.16 bits per heavy atom. The Kier molecular flexibility index (Phi) is 4.33. The summed E-state index contributed by atoms with van der Waals surface area (Å²) >= 11 is 0. The SMILES string of the molecule is CCc1cccnc1C(N)Cc1cc(C)cc(C)c1. The predicted octanol–water partition coefficient (Wildman–Crippen LogP) is 3.50. The minimum absolute atomic E-state index is 0.0302. The number of nitrogens with two attached hydrogens (primary N) is 1. The van der Waals surface area contributed by atoms with E-state index in [-0.39, 0.29) is 6.04 Å². The summed E-state index contributed by atoms with van der Waals surface area (Å²) in [6.45, 7) is 6.39. The summed E-state index contributed by atoms with van der Waals surface area (Å²) in [7, 11) is 0. The zero-order valence-corrected chi connectivity index (χ0v) is 12.0. The maximum absolute atomic E-state index is 6.34. The first kappa shape index (κ1) is 13.8. The van der Waals surface area contributed by atoms with Crippen molar-refractivity contribution in [2.75, 3.05) is 0 Å². The summed E-state index contributed by atoms with van der Waals surface area (Å²) in [5.41, 5.74) is 12.5. The fourth-order valence-corrected chi connectivity index (χ4v) is 2.62. The molecule has 2 heteroatoms. The topological polar surface area (TPSA) is 38.9 Å². The van der Waals surface area contributed by atoms with Crippen LogP contribution >= 0.6 is 0 Å². The van der Waals surface area contributed by atoms with Crippen LogP contribution in [-0.4, -0.2) is 4.98 Å². The van der Waals surface area contributed by atoms with E-state index in [1.54, 1.807) is 0 Å². The zero-order valence-electron chi connectivity index (χ0n) is 12.0. The van der Waals surface area contributed by atoms with Crippen LogP contribution in [0.5, 0.6) is 0 Å². The minimum atomic E-state index is -0.0302. The Hall–Kier alpha value is -1.67. The largest absolute Gasteiger partial charge is 0.322 e. The van der Waals surface area contributed by atoms with Crippen molar-refractivity contribution in [2.24, 2.45) is 5.73 Å². The molecule has 2 rings (SSSR count). The van der Waals surface area contributed by atoms with E-state index < -0.39 is 0 Å². The van der Waals surface area contributed by atoms with Gasteiger partial charge in [-0.2, -0.15) is 0 Å². The first-order valence-electron chi connectivity index (χ1n) is 6.86. The highest BCUT2D eigenvalue weighted by atomic mass is 14.8. The van der Waals surface area contributed by atoms with Gasteiger partial charge < -0.3 is 5.73 Å². The molecule has 1 unspecified atom stereocenters. The molecular formula is C17H22N2. The van der Waals surface area contributed by atoms with Gasteiger partial charge in [-0.25, -0.2) is 0 Å². The maximum atomic E-state index is 6.34. The van der Waals surface area contributed by atoms with Gasteiger partial charge in [0.1, 0.15) is 0 Å². The van der Waals surface area contributed by atoms with Crippen molar-refractivity contribution in [1.29, 1.82) is 0 Å². The van der Waals surface area contributed by atoms with E-state index in [1.165, 1.54) is 22.3 Å². The van der Waals surface area contributed by atoms with Gasteiger partial charge >= 0.3 is 0 Å². The fourth-order valence-electron chi connectivity index (χ4n) is 2.62. The molecule has 0 saturated heterocycles. The lowest BCUT2D eigenvalue weighted by atomic mass is 9.97. The second-order valence-electron chi connectivity index (χ2n) is 5.21. The Balaban J connectivity index is 2.22. The molecule has 19 heavy (non-hydrogen) atoms. The summed E-state index contributed by atoms with van der Waals surface area (Å²) in [6, 6.07) is 10.7. The molecular weight excluding hydrogens is 232 g/mol. The molecule has 1 heterocycles. The molecule has 100 valence electrons. The Morgan fingerprint density at radius 2 is 1.84 bits per heavy atom. The Morgan fingerprint density at radius 3 is 2.47 bits per heavy atom. The number of benzene rings is 1. The third-order valence-corrected chi connectivity index (χ3v) is 3.40. The smallest absolute Gasteiger partial charge is 0.0606 e. The first-order chi connectivity index (χ1) is 9.10. The van der Waals surface area contributed by atoms with Crippen LogP contribution in [0.15, 0.2) is 36.5 Å². The molecule has 2 nitrogen and oxygen atoms in total. The molecule has 0 amide bonds. The van der Waals surface area contributed by atoms with Gasteiger partial charge in [-0.1, -0.05) is 42.3 Å². The van der Waals surface area contributed by atoms with Gasteiger partial charge in [0.15, 0.2) is 0 Å². The Labute approximate surface area is 115 Å². The molecule has 0 bridgehead atoms. The van der Waals surface area contributed by atoms with Gasteiger partial charge in [-0.3, -0.25) is 4.98 Å². The fraction of sp³-hybridized carbons (Fsp3) is 0.353. The number of hydrogen-bond acceptors (Lipinski definition) is 2. The third-order valence-electron chi connectivity index (χ3n) is 3.40. The van der Waals surface area contributed by atoms with Crippen molar-refractivity contribution >= 4 is 0 Å². The van der Waals surface area contributed by atoms with Crippen LogP contribution in [0.2, 0.25) is 0 Å². The van der Waals surface area contributed by atoms with Crippen molar-refractivity contribution in [3.05, 3.63) is 64.5 Å². The van der Waals surface area contributed by atoms with Crippen LogP contribution in [0.3, 0.4) is 0 Å². The monoisotopic (exact) mass is 254 g/mol. The lowest BCUT2D eigenvalue weighted by molar-refractivity contribution is 0.684. The molecule has 1 aromatic carbocycles. The van der Waals surface area contributed by atoms with Crippen LogP contribution in [0, 0.1) is 13.8 Å². The zero-order chi connectivity index (χ0) is 13.8. The van der Waals surface area contributed by atoms with E-state index in [4.69, 9.17) is 5.73 Å². The lowest BCUT2D eigenvalue weighted by Crippen LogP contribution is -2.17. The minimum Gasteiger partial charge on any atom is -0.322 e. The van der Waals surface area contributed by atoms with Crippen LogP contribution in [0.25, 0.3) is 0 Å². The maximum Gasteiger partial charge on any atom is 0.0606 e. The summed E-state index contributed by atoms with van der Waals surface area (Å²) in [5, 5.41) is 0. The molecule has 0 aliphatic rings. The van der Waals surface area contributed by atoms with E-state index in [2.05, 4.69) is 50.0 Å². The third kappa shape index (κ3) is 3.42. The molecule has 0 saturated carbocycles. The number of rotatable bonds is 4. The molecule has 1 atom stereocenters. The highest BCUT2D eigenvalue weighted by Gasteiger charge is 2.12. The number of aromatic nitrogens is 1. The normalized spacial score (nSPS) is 12.4. The Bertz CT molecular complexity index is 541. The van der Waals surface area contributed by atoms with E-state index in [0.717, 1.165) is 18.5 Å². The second-order valence-corrected chi connectivity index (χ2v) is 5.21. The molecule has 0 aliphatic carbocycles. The van der Waals surface area contributed by atoms with Gasteiger partial charge in [0.25, 0.3) is 0 Å². The van der Waals surface area contributed by atoms with Crippen molar-refractivity contribution in [2.45, 2.75) is 39.7 Å². The summed E-state index contributed by atoms with van der Waals surface area (Å²) in [6.07, 6.45) is 3.64. The molecule has 0 radical (unpaired) electrons. The number of pyridine rings is 1. The van der Waals surface area contributed by atoms with Crippen molar-refractivity contribution in [3.8, 4) is 0 Å². The van der Waals surface area contributed by atoms with Crippen molar-refractivity contribution in [1.82, 2.24) is 4.98 Å². The van der Waals surface area contributed by atoms with E-state index in [0.29, 0.717) is 0 Å². The van der Waals surface area contributed by atoms with Gasteiger partial charge in [0.05, 0.1) is 11.7 Å². The lowest BCUT2D eigenvalue weighted by Gasteiger charge is -2.15. The molecule has 0 fully saturated rings. The van der Waals surface area contributed by atoms with Crippen LogP contribution < -0.4 is 5.73 Å². The molecule has 2 aromatic rings. The molecule has 0 spiro atoms. The van der Waals surface area contributed by atoms with Gasteiger partial charge in [-0.05, 0) is 43.9 Å². The summed E-state index contributed by atoms with van der Waals surface area (Å²) in [4.78, 5) is 4.47. The van der Waals surface area contributed by atoms with E-state index in [9.17, 15) is 0 Å². The number of nitrogens with zero attached hydrogens (tertiary/aromatic N) is 1. The van der Waals surface area contributed by atoms with Gasteiger partial charge in [0.2, 0.25) is 0 Å². The first-order valence-corrected chi connectivity index (χ1v) is 6.86. The second kappa shape index (κ2) is 5.98. The van der Waals surface area contributed by atoms with Crippen molar-refractivity contribution in [3.63, 3.8) is 0 Å². The number of hydrogen-bond donors (Lipinski definition) is 1.